The largest absolute Gasteiger partial charge is 0.321 e. The molecular formula is C26H22Cl2FNO3S2. The second-order valence-corrected chi connectivity index (χ2v) is 12.9. The van der Waals surface area contributed by atoms with Crippen LogP contribution in [-0.4, -0.2) is 20.6 Å². The Balaban J connectivity index is 1.61. The fourth-order valence-electron chi connectivity index (χ4n) is 3.81. The lowest BCUT2D eigenvalue weighted by atomic mass is 9.78. The van der Waals surface area contributed by atoms with Gasteiger partial charge in [-0.05, 0) is 65.0 Å². The molecule has 4 rings (SSSR count). The Labute approximate surface area is 217 Å². The van der Waals surface area contributed by atoms with Gasteiger partial charge in [-0.2, -0.15) is 0 Å². The molecule has 0 aliphatic heterocycles. The molecule has 4 nitrogen and oxygen atoms in total. The van der Waals surface area contributed by atoms with Crippen LogP contribution in [0.5, 0.6) is 0 Å². The minimum absolute atomic E-state index is 0.0358. The summed E-state index contributed by atoms with van der Waals surface area (Å²) in [6.45, 7) is 4.12. The summed E-state index contributed by atoms with van der Waals surface area (Å²) in [5.74, 6) is -0.342. The van der Waals surface area contributed by atoms with E-state index in [0.29, 0.717) is 26.0 Å². The number of hydrogen-bond donors (Lipinski definition) is 1. The van der Waals surface area contributed by atoms with E-state index >= 15 is 0 Å². The number of anilines is 1. The van der Waals surface area contributed by atoms with Crippen molar-refractivity contribution in [1.82, 2.24) is 0 Å². The highest BCUT2D eigenvalue weighted by Crippen LogP contribution is 2.36. The average Bonchev–Trinajstić information content (AvgIpc) is 3.21. The minimum Gasteiger partial charge on any atom is -0.321 e. The molecule has 1 atom stereocenters. The number of alkyl halides is 1. The topological polar surface area (TPSA) is 63.2 Å². The van der Waals surface area contributed by atoms with Crippen molar-refractivity contribution < 1.29 is 17.6 Å². The van der Waals surface area contributed by atoms with Crippen LogP contribution in [0.25, 0.3) is 10.1 Å². The summed E-state index contributed by atoms with van der Waals surface area (Å²) < 4.78 is 38.1. The summed E-state index contributed by atoms with van der Waals surface area (Å²) in [5.41, 5.74) is 0.0245. The summed E-state index contributed by atoms with van der Waals surface area (Å²) in [6, 6.07) is 19.1. The smallest absolute Gasteiger partial charge is 0.265 e. The first-order chi connectivity index (χ1) is 16.3. The van der Waals surface area contributed by atoms with Gasteiger partial charge in [-0.15, -0.1) is 11.3 Å². The second-order valence-electron chi connectivity index (χ2n) is 8.87. The van der Waals surface area contributed by atoms with E-state index in [1.54, 1.807) is 18.2 Å². The lowest BCUT2D eigenvalue weighted by molar-refractivity contribution is 0.103. The third-order valence-corrected chi connectivity index (χ3v) is 8.45. The molecule has 0 aliphatic carbocycles. The van der Waals surface area contributed by atoms with Crippen LogP contribution in [0.3, 0.4) is 0 Å². The minimum atomic E-state index is -3.88. The van der Waals surface area contributed by atoms with E-state index in [9.17, 15) is 17.6 Å². The summed E-state index contributed by atoms with van der Waals surface area (Å²) >= 11 is 13.7. The zero-order chi connectivity index (χ0) is 25.5. The molecule has 0 saturated heterocycles. The lowest BCUT2D eigenvalue weighted by Crippen LogP contribution is -2.19. The van der Waals surface area contributed by atoms with Gasteiger partial charge in [0.1, 0.15) is 0 Å². The van der Waals surface area contributed by atoms with Gasteiger partial charge in [0.2, 0.25) is 5.50 Å². The second kappa shape index (κ2) is 9.54. The van der Waals surface area contributed by atoms with Crippen LogP contribution in [0.2, 0.25) is 10.0 Å². The van der Waals surface area contributed by atoms with Crippen molar-refractivity contribution in [3.8, 4) is 0 Å². The molecule has 0 bridgehead atoms. The summed E-state index contributed by atoms with van der Waals surface area (Å²) in [6.07, 6.45) is 0.849. The first-order valence-corrected chi connectivity index (χ1v) is 14.1. The Kier molecular flexibility index (Phi) is 6.99. The fraction of sp³-hybridized carbons (Fsp3) is 0.192. The van der Waals surface area contributed by atoms with Gasteiger partial charge in [0.15, 0.2) is 9.84 Å². The molecule has 3 aromatic carbocycles. The first kappa shape index (κ1) is 25.6. The van der Waals surface area contributed by atoms with Crippen LogP contribution < -0.4 is 5.32 Å². The number of amides is 1. The summed E-state index contributed by atoms with van der Waals surface area (Å²) in [5, 5.41) is 4.62. The van der Waals surface area contributed by atoms with Crippen molar-refractivity contribution in [2.75, 3.05) is 11.6 Å². The van der Waals surface area contributed by atoms with Gasteiger partial charge in [-0.25, -0.2) is 12.8 Å². The predicted octanol–water partition coefficient (Wildman–Crippen LogP) is 7.80. The van der Waals surface area contributed by atoms with Crippen LogP contribution in [0.1, 0.15) is 45.7 Å². The van der Waals surface area contributed by atoms with Gasteiger partial charge in [0, 0.05) is 37.7 Å². The molecule has 1 aromatic heterocycles. The van der Waals surface area contributed by atoms with Crippen molar-refractivity contribution in [3.05, 3.63) is 98.3 Å². The number of rotatable bonds is 6. The molecule has 0 radical (unpaired) electrons. The van der Waals surface area contributed by atoms with E-state index in [-0.39, 0.29) is 11.5 Å². The van der Waals surface area contributed by atoms with Crippen molar-refractivity contribution in [2.45, 2.75) is 24.8 Å². The predicted molar refractivity (Wildman–Crippen MR) is 144 cm³/mol. The van der Waals surface area contributed by atoms with Gasteiger partial charge in [-0.3, -0.25) is 4.79 Å². The molecule has 1 heterocycles. The highest BCUT2D eigenvalue weighted by atomic mass is 35.5. The maximum atomic E-state index is 14.3. The maximum absolute atomic E-state index is 14.3. The Morgan fingerprint density at radius 3 is 2.29 bits per heavy atom. The molecule has 35 heavy (non-hydrogen) atoms. The van der Waals surface area contributed by atoms with Crippen molar-refractivity contribution in [2.24, 2.45) is 0 Å². The monoisotopic (exact) mass is 549 g/mol. The van der Waals surface area contributed by atoms with Gasteiger partial charge < -0.3 is 5.32 Å². The molecule has 0 aliphatic rings. The normalized spacial score (nSPS) is 13.1. The number of benzene rings is 3. The quantitative estimate of drug-likeness (QED) is 0.267. The summed E-state index contributed by atoms with van der Waals surface area (Å²) in [4.78, 5) is 13.4. The number of nitrogens with one attached hydrogen (secondary N) is 1. The maximum Gasteiger partial charge on any atom is 0.265 e. The van der Waals surface area contributed by atoms with E-state index in [1.807, 2.05) is 36.4 Å². The number of thiophene rings is 1. The SMILES string of the molecule is CC(C)(c1ccc(Cl)cc1)c1cc(Cl)cc(NC(=O)c2cc3cc(C(F)S(C)(=O)=O)ccc3s2)c1. The first-order valence-electron chi connectivity index (χ1n) is 10.6. The van der Waals surface area contributed by atoms with Crippen molar-refractivity contribution >= 4 is 66.1 Å². The lowest BCUT2D eigenvalue weighted by Gasteiger charge is -2.27. The highest BCUT2D eigenvalue weighted by Gasteiger charge is 2.25. The Morgan fingerprint density at radius 2 is 1.63 bits per heavy atom. The van der Waals surface area contributed by atoms with Crippen LogP contribution >= 0.6 is 34.5 Å². The molecule has 0 saturated carbocycles. The van der Waals surface area contributed by atoms with Crippen molar-refractivity contribution in [3.63, 3.8) is 0 Å². The van der Waals surface area contributed by atoms with Gasteiger partial charge >= 0.3 is 0 Å². The third kappa shape index (κ3) is 5.54. The zero-order valence-corrected chi connectivity index (χ0v) is 22.2. The van der Waals surface area contributed by atoms with Crippen LogP contribution in [-0.2, 0) is 15.3 Å². The number of carbonyl (C=O) groups excluding carboxylic acids is 1. The number of fused-ring (bicyclic) bond motifs is 1. The average molecular weight is 551 g/mol. The number of sulfone groups is 1. The Morgan fingerprint density at radius 1 is 0.943 bits per heavy atom. The Hall–Kier alpha value is -2.45. The van der Waals surface area contributed by atoms with Crippen LogP contribution in [0.15, 0.2) is 66.7 Å². The van der Waals surface area contributed by atoms with Crippen LogP contribution in [0.4, 0.5) is 10.1 Å². The molecule has 9 heteroatoms. The zero-order valence-electron chi connectivity index (χ0n) is 19.1. The van der Waals surface area contributed by atoms with Crippen molar-refractivity contribution in [1.29, 1.82) is 0 Å². The Bertz CT molecular complexity index is 1530. The number of carbonyl (C=O) groups is 1. The molecule has 1 amide bonds. The molecule has 1 unspecified atom stereocenters. The molecular weight excluding hydrogens is 528 g/mol. The molecule has 182 valence electrons. The summed E-state index contributed by atoms with van der Waals surface area (Å²) in [7, 11) is -3.88. The molecule has 4 aromatic rings. The number of halogens is 3. The van der Waals surface area contributed by atoms with E-state index in [0.717, 1.165) is 22.1 Å². The fourth-order valence-corrected chi connectivity index (χ4v) is 5.75. The molecule has 1 N–H and O–H groups in total. The van der Waals surface area contributed by atoms with Gasteiger partial charge in [0.25, 0.3) is 5.91 Å². The third-order valence-electron chi connectivity index (χ3n) is 5.85. The molecule has 0 fully saturated rings. The van der Waals surface area contributed by atoms with Gasteiger partial charge in [0.05, 0.1) is 4.88 Å². The van der Waals surface area contributed by atoms with E-state index in [2.05, 4.69) is 19.2 Å². The van der Waals surface area contributed by atoms with Crippen LogP contribution in [0, 0.1) is 0 Å². The van der Waals surface area contributed by atoms with E-state index in [4.69, 9.17) is 23.2 Å². The number of hydrogen-bond acceptors (Lipinski definition) is 4. The standard InChI is InChI=1S/C26H22Cl2FNO3S2/c1-26(2,17-5-7-19(27)8-6-17)18-12-20(28)14-21(13-18)30-25(31)23-11-16-10-15(4-9-22(16)34-23)24(29)35(3,32)33/h4-14,24H,1-3H3,(H,30,31). The highest BCUT2D eigenvalue weighted by molar-refractivity contribution is 7.90. The van der Waals surface area contributed by atoms with E-state index in [1.165, 1.54) is 23.5 Å². The molecule has 0 spiro atoms. The van der Waals surface area contributed by atoms with E-state index < -0.39 is 20.8 Å². The van der Waals surface area contributed by atoms with Gasteiger partial charge in [-0.1, -0.05) is 55.2 Å².